The van der Waals surface area contributed by atoms with E-state index in [0.717, 1.165) is 17.1 Å². The summed E-state index contributed by atoms with van der Waals surface area (Å²) in [6.45, 7) is 1.88. The topological polar surface area (TPSA) is 46.3 Å². The number of hydrogen-bond donors (Lipinski definition) is 0. The number of nitrogens with zero attached hydrogens (tertiary/aromatic N) is 5. The molecule has 0 radical (unpaired) electrons. The highest BCUT2D eigenvalue weighted by Gasteiger charge is 2.04. The Hall–Kier alpha value is -2.08. The van der Waals surface area contributed by atoms with Crippen LogP contribution < -0.4 is 0 Å². The van der Waals surface area contributed by atoms with E-state index in [0.29, 0.717) is 0 Å². The number of aromatic nitrogens is 3. The smallest absolute Gasteiger partial charge is 0.151 e. The summed E-state index contributed by atoms with van der Waals surface area (Å²) < 4.78 is 1.68. The molecule has 5 nitrogen and oxygen atoms in total. The van der Waals surface area contributed by atoms with Gasteiger partial charge >= 0.3 is 0 Å². The van der Waals surface area contributed by atoms with Crippen molar-refractivity contribution in [1.82, 2.24) is 19.8 Å². The van der Waals surface area contributed by atoms with E-state index in [1.165, 1.54) is 4.90 Å². The quantitative estimate of drug-likeness (QED) is 0.629. The SMILES string of the molecule is CSc1cccc(C(/C=C/N(C)C)=N/n2cnnc2C)c1. The molecule has 0 unspecified atom stereocenters. The van der Waals surface area contributed by atoms with Crippen molar-refractivity contribution in [3.05, 3.63) is 54.3 Å². The lowest BCUT2D eigenvalue weighted by atomic mass is 10.1. The van der Waals surface area contributed by atoms with Crippen LogP contribution in [0.1, 0.15) is 11.4 Å². The van der Waals surface area contributed by atoms with E-state index in [9.17, 15) is 0 Å². The predicted octanol–water partition coefficient (Wildman–Crippen LogP) is 2.64. The molecule has 0 spiro atoms. The lowest BCUT2D eigenvalue weighted by Crippen LogP contribution is -2.06. The molecule has 1 aromatic heterocycles. The Balaban J connectivity index is 2.45. The van der Waals surface area contributed by atoms with E-state index < -0.39 is 0 Å². The molecular formula is C15H19N5S. The van der Waals surface area contributed by atoms with E-state index in [2.05, 4.69) is 39.8 Å². The van der Waals surface area contributed by atoms with Gasteiger partial charge in [0.05, 0.1) is 5.71 Å². The van der Waals surface area contributed by atoms with Crippen LogP contribution in [-0.4, -0.2) is 45.8 Å². The number of hydrogen-bond acceptors (Lipinski definition) is 5. The van der Waals surface area contributed by atoms with E-state index in [1.807, 2.05) is 44.3 Å². The highest BCUT2D eigenvalue weighted by molar-refractivity contribution is 7.98. The number of thioether (sulfide) groups is 1. The Morgan fingerprint density at radius 1 is 1.38 bits per heavy atom. The van der Waals surface area contributed by atoms with Gasteiger partial charge in [-0.25, -0.2) is 4.68 Å². The Kier molecular flexibility index (Phi) is 5.16. The van der Waals surface area contributed by atoms with Gasteiger partial charge < -0.3 is 4.90 Å². The first-order chi connectivity index (χ1) is 10.1. The van der Waals surface area contributed by atoms with Gasteiger partial charge in [-0.1, -0.05) is 12.1 Å². The fourth-order valence-corrected chi connectivity index (χ4v) is 2.15. The predicted molar refractivity (Wildman–Crippen MR) is 87.7 cm³/mol. The molecule has 0 bridgehead atoms. The molecule has 0 N–H and O–H groups in total. The lowest BCUT2D eigenvalue weighted by Gasteiger charge is -2.07. The van der Waals surface area contributed by atoms with Crippen molar-refractivity contribution in [2.45, 2.75) is 11.8 Å². The third-order valence-electron chi connectivity index (χ3n) is 2.81. The third kappa shape index (κ3) is 4.19. The van der Waals surface area contributed by atoms with Crippen LogP contribution in [0.3, 0.4) is 0 Å². The molecule has 1 aromatic carbocycles. The van der Waals surface area contributed by atoms with Crippen LogP contribution in [0.2, 0.25) is 0 Å². The molecule has 0 aliphatic carbocycles. The van der Waals surface area contributed by atoms with Crippen molar-refractivity contribution in [3.8, 4) is 0 Å². The Labute approximate surface area is 129 Å². The van der Waals surface area contributed by atoms with Crippen LogP contribution in [0.5, 0.6) is 0 Å². The van der Waals surface area contributed by atoms with Crippen molar-refractivity contribution in [2.24, 2.45) is 5.10 Å². The minimum Gasteiger partial charge on any atom is -0.383 e. The molecule has 0 atom stereocenters. The highest BCUT2D eigenvalue weighted by Crippen LogP contribution is 2.17. The normalized spacial score (nSPS) is 12.1. The van der Waals surface area contributed by atoms with Crippen molar-refractivity contribution in [1.29, 1.82) is 0 Å². The summed E-state index contributed by atoms with van der Waals surface area (Å²) >= 11 is 1.71. The maximum Gasteiger partial charge on any atom is 0.151 e. The van der Waals surface area contributed by atoms with Gasteiger partial charge in [-0.3, -0.25) is 0 Å². The van der Waals surface area contributed by atoms with Gasteiger partial charge in [-0.15, -0.1) is 22.0 Å². The molecular weight excluding hydrogens is 282 g/mol. The average molecular weight is 301 g/mol. The Bertz CT molecular complexity index is 658. The standard InChI is InChI=1S/C15H19N5S/c1-12-17-16-11-20(12)18-15(8-9-19(2)3)13-6-5-7-14(10-13)21-4/h5-11H,1-4H3/b9-8+,18-15+. The zero-order chi connectivity index (χ0) is 15.2. The van der Waals surface area contributed by atoms with Gasteiger partial charge in [0.25, 0.3) is 0 Å². The summed E-state index contributed by atoms with van der Waals surface area (Å²) in [4.78, 5) is 3.19. The number of benzene rings is 1. The summed E-state index contributed by atoms with van der Waals surface area (Å²) in [5, 5.41) is 12.4. The van der Waals surface area contributed by atoms with Crippen LogP contribution in [-0.2, 0) is 0 Å². The van der Waals surface area contributed by atoms with Crippen molar-refractivity contribution >= 4 is 17.5 Å². The molecule has 1 heterocycles. The molecule has 110 valence electrons. The monoisotopic (exact) mass is 301 g/mol. The molecule has 0 saturated heterocycles. The first-order valence-corrected chi connectivity index (χ1v) is 7.77. The van der Waals surface area contributed by atoms with Crippen LogP contribution >= 0.6 is 11.8 Å². The molecule has 0 amide bonds. The number of allylic oxidation sites excluding steroid dienone is 1. The first-order valence-electron chi connectivity index (χ1n) is 6.55. The first kappa shape index (κ1) is 15.3. The minimum absolute atomic E-state index is 0.756. The summed E-state index contributed by atoms with van der Waals surface area (Å²) in [5.74, 6) is 0.756. The summed E-state index contributed by atoms with van der Waals surface area (Å²) in [6.07, 6.45) is 7.63. The van der Waals surface area contributed by atoms with Crippen molar-refractivity contribution in [2.75, 3.05) is 20.4 Å². The average Bonchev–Trinajstić information content (AvgIpc) is 2.88. The van der Waals surface area contributed by atoms with Gasteiger partial charge in [0.15, 0.2) is 5.82 Å². The third-order valence-corrected chi connectivity index (χ3v) is 3.53. The van der Waals surface area contributed by atoms with E-state index >= 15 is 0 Å². The molecule has 6 heteroatoms. The Morgan fingerprint density at radius 3 is 2.81 bits per heavy atom. The van der Waals surface area contributed by atoms with Gasteiger partial charge in [0.2, 0.25) is 0 Å². The molecule has 0 aliphatic heterocycles. The van der Waals surface area contributed by atoms with Gasteiger partial charge in [-0.2, -0.15) is 5.10 Å². The second-order valence-electron chi connectivity index (χ2n) is 4.72. The van der Waals surface area contributed by atoms with Crippen LogP contribution in [0.25, 0.3) is 0 Å². The molecule has 2 rings (SSSR count). The van der Waals surface area contributed by atoms with E-state index in [-0.39, 0.29) is 0 Å². The molecule has 2 aromatic rings. The fraction of sp³-hybridized carbons (Fsp3) is 0.267. The van der Waals surface area contributed by atoms with Gasteiger partial charge in [0.1, 0.15) is 6.33 Å². The van der Waals surface area contributed by atoms with E-state index in [4.69, 9.17) is 0 Å². The Morgan fingerprint density at radius 2 is 2.19 bits per heavy atom. The summed E-state index contributed by atoms with van der Waals surface area (Å²) in [6, 6.07) is 8.31. The van der Waals surface area contributed by atoms with Crippen molar-refractivity contribution in [3.63, 3.8) is 0 Å². The van der Waals surface area contributed by atoms with Crippen LogP contribution in [0.4, 0.5) is 0 Å². The van der Waals surface area contributed by atoms with E-state index in [1.54, 1.807) is 22.8 Å². The zero-order valence-electron chi connectivity index (χ0n) is 12.7. The maximum absolute atomic E-state index is 4.62. The molecule has 0 fully saturated rings. The van der Waals surface area contributed by atoms with Gasteiger partial charge in [-0.05, 0) is 31.4 Å². The second kappa shape index (κ2) is 7.08. The zero-order valence-corrected chi connectivity index (χ0v) is 13.5. The molecule has 21 heavy (non-hydrogen) atoms. The highest BCUT2D eigenvalue weighted by atomic mass is 32.2. The maximum atomic E-state index is 4.62. The minimum atomic E-state index is 0.756. The molecule has 0 aliphatic rings. The van der Waals surface area contributed by atoms with Crippen molar-refractivity contribution < 1.29 is 0 Å². The summed E-state index contributed by atoms with van der Waals surface area (Å²) in [5.41, 5.74) is 1.93. The van der Waals surface area contributed by atoms with Crippen LogP contribution in [0.15, 0.2) is 52.9 Å². The van der Waals surface area contributed by atoms with Crippen LogP contribution in [0, 0.1) is 6.92 Å². The lowest BCUT2D eigenvalue weighted by molar-refractivity contribution is 0.564. The number of aryl methyl sites for hydroxylation is 1. The second-order valence-corrected chi connectivity index (χ2v) is 5.60. The molecule has 0 saturated carbocycles. The largest absolute Gasteiger partial charge is 0.383 e. The van der Waals surface area contributed by atoms with Gasteiger partial charge in [0, 0.05) is 30.8 Å². The summed E-state index contributed by atoms with van der Waals surface area (Å²) in [7, 11) is 3.97. The number of rotatable bonds is 5. The fourth-order valence-electron chi connectivity index (χ4n) is 1.69.